The summed E-state index contributed by atoms with van der Waals surface area (Å²) in [5.41, 5.74) is 0. The third-order valence-corrected chi connectivity index (χ3v) is 2.31. The topological polar surface area (TPSA) is 52.3 Å². The fraction of sp³-hybridized carbons (Fsp3) is 0.875. The number of halogens is 1. The van der Waals surface area contributed by atoms with Gasteiger partial charge in [0.1, 0.15) is 0 Å². The van der Waals surface area contributed by atoms with Crippen molar-refractivity contribution in [3.05, 3.63) is 0 Å². The third-order valence-electron chi connectivity index (χ3n) is 2.31. The maximum atomic E-state index is 10.7. The molecule has 1 saturated carbocycles. The van der Waals surface area contributed by atoms with E-state index >= 15 is 0 Å². The Balaban J connectivity index is 0.00000121. The molecule has 12 heavy (non-hydrogen) atoms. The van der Waals surface area contributed by atoms with Crippen molar-refractivity contribution in [3.8, 4) is 0 Å². The zero-order valence-corrected chi connectivity index (χ0v) is 7.94. The molecule has 0 heterocycles. The molecule has 0 amide bonds. The van der Waals surface area contributed by atoms with Gasteiger partial charge in [-0.25, -0.2) is 0 Å². The zero-order chi connectivity index (χ0) is 8.10. The van der Waals surface area contributed by atoms with E-state index in [1.807, 2.05) is 0 Å². The summed E-state index contributed by atoms with van der Waals surface area (Å²) in [7, 11) is 0. The van der Waals surface area contributed by atoms with Gasteiger partial charge in [-0.05, 0) is 18.8 Å². The maximum absolute atomic E-state index is 10.7. The molecule has 0 aromatic rings. The Morgan fingerprint density at radius 3 is 2.42 bits per heavy atom. The molecule has 1 fully saturated rings. The van der Waals surface area contributed by atoms with Crippen molar-refractivity contribution in [2.45, 2.75) is 38.5 Å². The molecule has 1 aliphatic carbocycles. The van der Waals surface area contributed by atoms with Gasteiger partial charge in [0, 0.05) is 0 Å². The minimum Gasteiger partial charge on any atom is -0.373 e. The van der Waals surface area contributed by atoms with Crippen molar-refractivity contribution in [1.29, 1.82) is 0 Å². The molecule has 1 aliphatic rings. The number of rotatable bonds is 2. The number of carbonyl (C=O) groups is 1. The molecular formula is C8H16ClNO2. The Labute approximate surface area is 79.0 Å². The highest BCUT2D eigenvalue weighted by atomic mass is 35.5. The summed E-state index contributed by atoms with van der Waals surface area (Å²) in [5, 5.41) is 0. The van der Waals surface area contributed by atoms with Gasteiger partial charge >= 0.3 is 5.97 Å². The van der Waals surface area contributed by atoms with Gasteiger partial charge in [-0.2, -0.15) is 5.90 Å². The molecule has 72 valence electrons. The minimum absolute atomic E-state index is 0. The van der Waals surface area contributed by atoms with Crippen LogP contribution in [0, 0.1) is 5.92 Å². The SMILES string of the molecule is Cl.NOC(=O)CC1CCCCC1. The zero-order valence-electron chi connectivity index (χ0n) is 7.12. The molecule has 0 aliphatic heterocycles. The van der Waals surface area contributed by atoms with Crippen LogP contribution < -0.4 is 5.90 Å². The van der Waals surface area contributed by atoms with E-state index in [4.69, 9.17) is 5.90 Å². The molecule has 0 aromatic heterocycles. The van der Waals surface area contributed by atoms with Crippen molar-refractivity contribution < 1.29 is 9.63 Å². The van der Waals surface area contributed by atoms with E-state index in [1.165, 1.54) is 19.3 Å². The molecule has 0 unspecified atom stereocenters. The van der Waals surface area contributed by atoms with Gasteiger partial charge in [0.05, 0.1) is 6.42 Å². The summed E-state index contributed by atoms with van der Waals surface area (Å²) in [6.07, 6.45) is 6.65. The van der Waals surface area contributed by atoms with Crippen LogP contribution in [0.1, 0.15) is 38.5 Å². The average Bonchev–Trinajstić information content (AvgIpc) is 2.06. The standard InChI is InChI=1S/C8H15NO2.ClH/c9-11-8(10)6-7-4-2-1-3-5-7;/h7H,1-6,9H2;1H. The average molecular weight is 194 g/mol. The van der Waals surface area contributed by atoms with Crippen molar-refractivity contribution in [2.24, 2.45) is 11.8 Å². The highest BCUT2D eigenvalue weighted by molar-refractivity contribution is 5.85. The smallest absolute Gasteiger partial charge is 0.324 e. The molecule has 4 heteroatoms. The molecule has 0 radical (unpaired) electrons. The first-order valence-corrected chi connectivity index (χ1v) is 4.22. The lowest BCUT2D eigenvalue weighted by Crippen LogP contribution is -2.16. The Hall–Kier alpha value is -0.280. The Morgan fingerprint density at radius 2 is 1.92 bits per heavy atom. The predicted molar refractivity (Wildman–Crippen MR) is 48.7 cm³/mol. The summed E-state index contributed by atoms with van der Waals surface area (Å²) in [5.74, 6) is 5.00. The van der Waals surface area contributed by atoms with Gasteiger partial charge < -0.3 is 4.84 Å². The van der Waals surface area contributed by atoms with E-state index in [-0.39, 0.29) is 18.4 Å². The van der Waals surface area contributed by atoms with Gasteiger partial charge in [-0.3, -0.25) is 4.79 Å². The number of carbonyl (C=O) groups excluding carboxylic acids is 1. The van der Waals surface area contributed by atoms with Crippen LogP contribution in [0.3, 0.4) is 0 Å². The second-order valence-corrected chi connectivity index (χ2v) is 3.20. The van der Waals surface area contributed by atoms with Crippen LogP contribution in [0.25, 0.3) is 0 Å². The second-order valence-electron chi connectivity index (χ2n) is 3.20. The Kier molecular flexibility index (Phi) is 6.11. The summed E-state index contributed by atoms with van der Waals surface area (Å²) in [6.45, 7) is 0. The van der Waals surface area contributed by atoms with E-state index in [2.05, 4.69) is 4.84 Å². The third kappa shape index (κ3) is 3.93. The summed E-state index contributed by atoms with van der Waals surface area (Å²) in [4.78, 5) is 14.8. The van der Waals surface area contributed by atoms with Gasteiger partial charge in [0.2, 0.25) is 0 Å². The summed E-state index contributed by atoms with van der Waals surface area (Å²) >= 11 is 0. The molecule has 0 aromatic carbocycles. The fourth-order valence-corrected chi connectivity index (χ4v) is 1.68. The van der Waals surface area contributed by atoms with Crippen LogP contribution >= 0.6 is 12.4 Å². The first-order valence-electron chi connectivity index (χ1n) is 4.22. The first-order chi connectivity index (χ1) is 5.33. The molecule has 1 rings (SSSR count). The summed E-state index contributed by atoms with van der Waals surface area (Å²) in [6, 6.07) is 0. The lowest BCUT2D eigenvalue weighted by molar-refractivity contribution is -0.145. The van der Waals surface area contributed by atoms with Crippen molar-refractivity contribution in [2.75, 3.05) is 0 Å². The Bertz CT molecular complexity index is 135. The largest absolute Gasteiger partial charge is 0.373 e. The molecule has 0 spiro atoms. The number of hydrogen-bond acceptors (Lipinski definition) is 3. The van der Waals surface area contributed by atoms with E-state index < -0.39 is 0 Å². The molecule has 2 N–H and O–H groups in total. The Morgan fingerprint density at radius 1 is 1.33 bits per heavy atom. The molecular weight excluding hydrogens is 178 g/mol. The predicted octanol–water partition coefficient (Wildman–Crippen LogP) is 1.80. The van der Waals surface area contributed by atoms with Gasteiger partial charge in [0.15, 0.2) is 0 Å². The molecule has 0 bridgehead atoms. The number of nitrogens with two attached hydrogens (primary N) is 1. The van der Waals surface area contributed by atoms with Gasteiger partial charge in [-0.1, -0.05) is 19.3 Å². The highest BCUT2D eigenvalue weighted by Crippen LogP contribution is 2.26. The quantitative estimate of drug-likeness (QED) is 0.681. The molecule has 3 nitrogen and oxygen atoms in total. The van der Waals surface area contributed by atoms with Crippen LogP contribution in [-0.2, 0) is 9.63 Å². The van der Waals surface area contributed by atoms with Crippen molar-refractivity contribution >= 4 is 18.4 Å². The summed E-state index contributed by atoms with van der Waals surface area (Å²) < 4.78 is 0. The van der Waals surface area contributed by atoms with Crippen molar-refractivity contribution in [3.63, 3.8) is 0 Å². The van der Waals surface area contributed by atoms with E-state index in [1.54, 1.807) is 0 Å². The van der Waals surface area contributed by atoms with E-state index in [0.29, 0.717) is 12.3 Å². The van der Waals surface area contributed by atoms with Crippen LogP contribution in [0.15, 0.2) is 0 Å². The fourth-order valence-electron chi connectivity index (χ4n) is 1.68. The monoisotopic (exact) mass is 193 g/mol. The van der Waals surface area contributed by atoms with Crippen LogP contribution in [0.4, 0.5) is 0 Å². The lowest BCUT2D eigenvalue weighted by atomic mass is 9.87. The lowest BCUT2D eigenvalue weighted by Gasteiger charge is -2.19. The van der Waals surface area contributed by atoms with E-state index in [0.717, 1.165) is 12.8 Å². The molecule has 0 atom stereocenters. The van der Waals surface area contributed by atoms with Crippen molar-refractivity contribution in [1.82, 2.24) is 0 Å². The van der Waals surface area contributed by atoms with Gasteiger partial charge in [-0.15, -0.1) is 12.4 Å². The minimum atomic E-state index is -0.267. The van der Waals surface area contributed by atoms with Crippen LogP contribution in [0.5, 0.6) is 0 Å². The van der Waals surface area contributed by atoms with Gasteiger partial charge in [0.25, 0.3) is 0 Å². The van der Waals surface area contributed by atoms with Crippen LogP contribution in [-0.4, -0.2) is 5.97 Å². The normalized spacial score (nSPS) is 18.1. The molecule has 0 saturated heterocycles. The second kappa shape index (κ2) is 6.26. The number of hydrogen-bond donors (Lipinski definition) is 1. The van der Waals surface area contributed by atoms with Crippen LogP contribution in [0.2, 0.25) is 0 Å². The maximum Gasteiger partial charge on any atom is 0.324 e. The highest BCUT2D eigenvalue weighted by Gasteiger charge is 2.17. The van der Waals surface area contributed by atoms with E-state index in [9.17, 15) is 4.79 Å². The first kappa shape index (κ1) is 11.7.